The number of ether oxygens (including phenoxy) is 1. The number of aliphatic hydroxyl groups excluding tert-OH is 1. The van der Waals surface area contributed by atoms with Gasteiger partial charge in [0.15, 0.2) is 0 Å². The molecule has 0 heterocycles. The van der Waals surface area contributed by atoms with Crippen LogP contribution in [0.1, 0.15) is 39.5 Å². The summed E-state index contributed by atoms with van der Waals surface area (Å²) in [5.74, 6) is -0.355. The van der Waals surface area contributed by atoms with E-state index >= 15 is 0 Å². The molecule has 88 valence electrons. The Bertz CT molecular complexity index is 229. The van der Waals surface area contributed by atoms with Crippen molar-refractivity contribution in [3.8, 4) is 0 Å². The van der Waals surface area contributed by atoms with Crippen LogP contribution >= 0.6 is 0 Å². The lowest BCUT2D eigenvalue weighted by Gasteiger charge is -2.39. The molecule has 0 aromatic carbocycles. The largest absolute Gasteiger partial charge is 0.466 e. The Kier molecular flexibility index (Phi) is 4.11. The van der Waals surface area contributed by atoms with E-state index in [0.717, 1.165) is 6.42 Å². The van der Waals surface area contributed by atoms with Gasteiger partial charge in [0.2, 0.25) is 0 Å². The lowest BCUT2D eigenvalue weighted by Crippen LogP contribution is -2.45. The number of carbonyl (C=O) groups excluding carboxylic acids is 1. The van der Waals surface area contributed by atoms with Gasteiger partial charge in [0, 0.05) is 6.42 Å². The van der Waals surface area contributed by atoms with Crippen molar-refractivity contribution in [1.82, 2.24) is 0 Å². The van der Waals surface area contributed by atoms with E-state index in [4.69, 9.17) is 4.74 Å². The zero-order valence-corrected chi connectivity index (χ0v) is 9.40. The summed E-state index contributed by atoms with van der Waals surface area (Å²) in [7, 11) is 0. The van der Waals surface area contributed by atoms with Gasteiger partial charge in [0.1, 0.15) is 0 Å². The van der Waals surface area contributed by atoms with Gasteiger partial charge in [-0.3, -0.25) is 4.79 Å². The smallest absolute Gasteiger partial charge is 0.308 e. The molecule has 0 bridgehead atoms. The van der Waals surface area contributed by atoms with Gasteiger partial charge in [-0.1, -0.05) is 6.92 Å². The number of rotatable bonds is 3. The maximum absolute atomic E-state index is 11.3. The molecule has 1 aliphatic rings. The number of aliphatic hydroxyl groups is 2. The van der Waals surface area contributed by atoms with Crippen LogP contribution in [0.15, 0.2) is 0 Å². The third-order valence-corrected chi connectivity index (χ3v) is 3.20. The van der Waals surface area contributed by atoms with Crippen molar-refractivity contribution < 1.29 is 19.7 Å². The van der Waals surface area contributed by atoms with E-state index in [9.17, 15) is 15.0 Å². The SMILES string of the molecule is CCOC(=O)C[C@]1(O)C[C@@H](O)CC[C@@H]1C. The summed E-state index contributed by atoms with van der Waals surface area (Å²) in [5.41, 5.74) is -1.09. The van der Waals surface area contributed by atoms with E-state index in [-0.39, 0.29) is 24.7 Å². The van der Waals surface area contributed by atoms with Crippen LogP contribution < -0.4 is 0 Å². The lowest BCUT2D eigenvalue weighted by molar-refractivity contribution is -0.155. The van der Waals surface area contributed by atoms with E-state index in [2.05, 4.69) is 0 Å². The second-order valence-electron chi connectivity index (χ2n) is 4.42. The molecule has 1 rings (SSSR count). The zero-order valence-electron chi connectivity index (χ0n) is 9.40. The first-order valence-corrected chi connectivity index (χ1v) is 5.54. The minimum Gasteiger partial charge on any atom is -0.466 e. The zero-order chi connectivity index (χ0) is 11.5. The summed E-state index contributed by atoms with van der Waals surface area (Å²) >= 11 is 0. The monoisotopic (exact) mass is 216 g/mol. The van der Waals surface area contributed by atoms with E-state index in [1.807, 2.05) is 6.92 Å². The third kappa shape index (κ3) is 3.18. The first kappa shape index (κ1) is 12.5. The highest BCUT2D eigenvalue weighted by atomic mass is 16.5. The first-order valence-electron chi connectivity index (χ1n) is 5.54. The summed E-state index contributed by atoms with van der Waals surface area (Å²) in [4.78, 5) is 11.3. The van der Waals surface area contributed by atoms with E-state index in [1.54, 1.807) is 6.92 Å². The number of carbonyl (C=O) groups is 1. The molecule has 3 atom stereocenters. The minimum atomic E-state index is -1.09. The molecular formula is C11H20O4. The Balaban J connectivity index is 2.58. The number of hydrogen-bond acceptors (Lipinski definition) is 4. The van der Waals surface area contributed by atoms with Gasteiger partial charge in [0.05, 0.1) is 24.7 Å². The molecule has 4 nitrogen and oxygen atoms in total. The molecule has 0 aliphatic heterocycles. The maximum atomic E-state index is 11.3. The molecule has 1 aliphatic carbocycles. The fourth-order valence-corrected chi connectivity index (χ4v) is 2.13. The van der Waals surface area contributed by atoms with Gasteiger partial charge < -0.3 is 14.9 Å². The average Bonchev–Trinajstić information content (AvgIpc) is 2.12. The number of hydrogen-bond donors (Lipinski definition) is 2. The lowest BCUT2D eigenvalue weighted by atomic mass is 9.73. The van der Waals surface area contributed by atoms with Crippen LogP contribution in [0.25, 0.3) is 0 Å². The summed E-state index contributed by atoms with van der Waals surface area (Å²) < 4.78 is 4.81. The predicted octanol–water partition coefficient (Wildman–Crippen LogP) is 0.852. The van der Waals surface area contributed by atoms with E-state index < -0.39 is 11.7 Å². The Morgan fingerprint density at radius 1 is 1.53 bits per heavy atom. The average molecular weight is 216 g/mol. The summed E-state index contributed by atoms with van der Waals surface area (Å²) in [5, 5.41) is 19.7. The molecule has 0 saturated heterocycles. The summed E-state index contributed by atoms with van der Waals surface area (Å²) in [6, 6.07) is 0. The summed E-state index contributed by atoms with van der Waals surface area (Å²) in [6.45, 7) is 3.97. The fourth-order valence-electron chi connectivity index (χ4n) is 2.13. The molecular weight excluding hydrogens is 196 g/mol. The van der Waals surface area contributed by atoms with E-state index in [1.165, 1.54) is 0 Å². The second-order valence-corrected chi connectivity index (χ2v) is 4.42. The number of esters is 1. The van der Waals surface area contributed by atoms with Crippen molar-refractivity contribution in [2.75, 3.05) is 6.61 Å². The van der Waals surface area contributed by atoms with Crippen LogP contribution in [0.3, 0.4) is 0 Å². The van der Waals surface area contributed by atoms with E-state index in [0.29, 0.717) is 13.0 Å². The first-order chi connectivity index (χ1) is 6.98. The van der Waals surface area contributed by atoms with Crippen molar-refractivity contribution in [2.24, 2.45) is 5.92 Å². The molecule has 0 spiro atoms. The Morgan fingerprint density at radius 2 is 2.20 bits per heavy atom. The molecule has 0 amide bonds. The fraction of sp³-hybridized carbons (Fsp3) is 0.909. The van der Waals surface area contributed by atoms with Gasteiger partial charge in [-0.2, -0.15) is 0 Å². The van der Waals surface area contributed by atoms with Crippen LogP contribution in [-0.2, 0) is 9.53 Å². The van der Waals surface area contributed by atoms with Gasteiger partial charge >= 0.3 is 5.97 Å². The quantitative estimate of drug-likeness (QED) is 0.686. The highest BCUT2D eigenvalue weighted by Gasteiger charge is 2.41. The van der Waals surface area contributed by atoms with Gasteiger partial charge in [-0.05, 0) is 25.7 Å². The highest BCUT2D eigenvalue weighted by Crippen LogP contribution is 2.36. The van der Waals surface area contributed by atoms with Gasteiger partial charge in [0.25, 0.3) is 0 Å². The molecule has 2 N–H and O–H groups in total. The molecule has 0 radical (unpaired) electrons. The minimum absolute atomic E-state index is 0.0148. The maximum Gasteiger partial charge on any atom is 0.308 e. The standard InChI is InChI=1S/C11H20O4/c1-3-15-10(13)7-11(14)6-9(12)5-4-8(11)2/h8-9,12,14H,3-7H2,1-2H3/t8-,9-,11+/m0/s1. The van der Waals surface area contributed by atoms with Crippen LogP contribution in [-0.4, -0.2) is 34.5 Å². The van der Waals surface area contributed by atoms with Crippen molar-refractivity contribution in [1.29, 1.82) is 0 Å². The van der Waals surface area contributed by atoms with Crippen LogP contribution in [0.4, 0.5) is 0 Å². The Labute approximate surface area is 90.2 Å². The van der Waals surface area contributed by atoms with Crippen molar-refractivity contribution >= 4 is 5.97 Å². The van der Waals surface area contributed by atoms with Crippen LogP contribution in [0.5, 0.6) is 0 Å². The molecule has 0 aromatic heterocycles. The third-order valence-electron chi connectivity index (χ3n) is 3.20. The molecule has 0 unspecified atom stereocenters. The normalized spacial score (nSPS) is 36.3. The predicted molar refractivity (Wildman–Crippen MR) is 55.2 cm³/mol. The molecule has 0 aromatic rings. The van der Waals surface area contributed by atoms with Crippen LogP contribution in [0.2, 0.25) is 0 Å². The Hall–Kier alpha value is -0.610. The second kappa shape index (κ2) is 4.94. The highest BCUT2D eigenvalue weighted by molar-refractivity contribution is 5.70. The topological polar surface area (TPSA) is 66.8 Å². The van der Waals surface area contributed by atoms with Crippen molar-refractivity contribution in [2.45, 2.75) is 51.2 Å². The van der Waals surface area contributed by atoms with Crippen molar-refractivity contribution in [3.63, 3.8) is 0 Å². The molecule has 4 heteroatoms. The molecule has 15 heavy (non-hydrogen) atoms. The molecule has 1 fully saturated rings. The van der Waals surface area contributed by atoms with Gasteiger partial charge in [-0.15, -0.1) is 0 Å². The van der Waals surface area contributed by atoms with Crippen LogP contribution in [0, 0.1) is 5.92 Å². The molecule has 1 saturated carbocycles. The van der Waals surface area contributed by atoms with Gasteiger partial charge in [-0.25, -0.2) is 0 Å². The Morgan fingerprint density at radius 3 is 2.80 bits per heavy atom. The summed E-state index contributed by atoms with van der Waals surface area (Å²) in [6.07, 6.45) is 1.20. The van der Waals surface area contributed by atoms with Crippen molar-refractivity contribution in [3.05, 3.63) is 0 Å².